The van der Waals surface area contributed by atoms with Crippen LogP contribution in [0.5, 0.6) is 0 Å². The van der Waals surface area contributed by atoms with Crippen molar-refractivity contribution >= 4 is 10.8 Å². The highest BCUT2D eigenvalue weighted by Gasteiger charge is 2.28. The van der Waals surface area contributed by atoms with Crippen LogP contribution in [0.1, 0.15) is 18.4 Å². The molecule has 2 N–H and O–H groups in total. The van der Waals surface area contributed by atoms with Crippen LogP contribution in [0.3, 0.4) is 0 Å². The van der Waals surface area contributed by atoms with E-state index in [0.717, 1.165) is 16.3 Å². The molecule has 21 heavy (non-hydrogen) atoms. The van der Waals surface area contributed by atoms with Crippen molar-refractivity contribution in [3.63, 3.8) is 0 Å². The Labute approximate surface area is 121 Å². The standard InChI is InChI=1S/C16H15N3O2/c20-11-8-14(17-9-11)16-18-15(19-21-16)13-7-3-5-10-4-1-2-6-12(10)13/h1-7,11,14,17,20H,8-9H2/t11-,14+/m1/s1. The quantitative estimate of drug-likeness (QED) is 0.754. The van der Waals surface area contributed by atoms with Crippen LogP contribution < -0.4 is 5.32 Å². The Morgan fingerprint density at radius 3 is 2.86 bits per heavy atom. The average molecular weight is 281 g/mol. The van der Waals surface area contributed by atoms with E-state index in [1.807, 2.05) is 24.3 Å². The summed E-state index contributed by atoms with van der Waals surface area (Å²) in [5.74, 6) is 1.12. The zero-order chi connectivity index (χ0) is 14.2. The van der Waals surface area contributed by atoms with Gasteiger partial charge >= 0.3 is 0 Å². The fourth-order valence-electron chi connectivity index (χ4n) is 2.81. The van der Waals surface area contributed by atoms with E-state index in [2.05, 4.69) is 33.7 Å². The highest BCUT2D eigenvalue weighted by molar-refractivity contribution is 5.94. The molecule has 5 nitrogen and oxygen atoms in total. The maximum Gasteiger partial charge on any atom is 0.244 e. The van der Waals surface area contributed by atoms with Gasteiger partial charge in [-0.1, -0.05) is 47.6 Å². The molecule has 0 bridgehead atoms. The topological polar surface area (TPSA) is 71.2 Å². The molecule has 0 saturated carbocycles. The average Bonchev–Trinajstić information content (AvgIpc) is 3.15. The summed E-state index contributed by atoms with van der Waals surface area (Å²) in [7, 11) is 0. The lowest BCUT2D eigenvalue weighted by Gasteiger charge is -2.03. The minimum absolute atomic E-state index is 0.0590. The number of rotatable bonds is 2. The van der Waals surface area contributed by atoms with Crippen LogP contribution in [-0.2, 0) is 0 Å². The van der Waals surface area contributed by atoms with Gasteiger partial charge in [-0.3, -0.25) is 0 Å². The monoisotopic (exact) mass is 281 g/mol. The van der Waals surface area contributed by atoms with Crippen LogP contribution in [0.25, 0.3) is 22.2 Å². The molecule has 0 radical (unpaired) electrons. The number of benzene rings is 2. The van der Waals surface area contributed by atoms with Crippen LogP contribution in [0.15, 0.2) is 47.0 Å². The summed E-state index contributed by atoms with van der Waals surface area (Å²) in [6.07, 6.45) is 0.264. The number of β-amino-alcohol motifs (C(OH)–C–C–N with tert-alkyl or cyclic N) is 1. The maximum atomic E-state index is 9.57. The van der Waals surface area contributed by atoms with Gasteiger partial charge in [0.2, 0.25) is 11.7 Å². The minimum atomic E-state index is -0.345. The summed E-state index contributed by atoms with van der Waals surface area (Å²) in [6, 6.07) is 14.1. The van der Waals surface area contributed by atoms with Gasteiger partial charge in [-0.05, 0) is 17.2 Å². The Morgan fingerprint density at radius 1 is 1.14 bits per heavy atom. The number of hydrogen-bond donors (Lipinski definition) is 2. The molecule has 3 aromatic rings. The minimum Gasteiger partial charge on any atom is -0.392 e. The van der Waals surface area contributed by atoms with E-state index in [9.17, 15) is 5.11 Å². The van der Waals surface area contributed by atoms with E-state index in [4.69, 9.17) is 4.52 Å². The summed E-state index contributed by atoms with van der Waals surface area (Å²) in [4.78, 5) is 4.50. The summed E-state index contributed by atoms with van der Waals surface area (Å²) < 4.78 is 5.37. The first-order valence-corrected chi connectivity index (χ1v) is 7.04. The molecule has 0 unspecified atom stereocenters. The second-order valence-electron chi connectivity index (χ2n) is 5.33. The van der Waals surface area contributed by atoms with Crippen molar-refractivity contribution in [1.82, 2.24) is 15.5 Å². The van der Waals surface area contributed by atoms with Gasteiger partial charge < -0.3 is 14.9 Å². The summed E-state index contributed by atoms with van der Waals surface area (Å²) >= 11 is 0. The van der Waals surface area contributed by atoms with E-state index >= 15 is 0 Å². The van der Waals surface area contributed by atoms with Gasteiger partial charge in [-0.2, -0.15) is 4.98 Å². The van der Waals surface area contributed by atoms with Gasteiger partial charge in [0.05, 0.1) is 12.1 Å². The largest absolute Gasteiger partial charge is 0.392 e. The maximum absolute atomic E-state index is 9.57. The van der Waals surface area contributed by atoms with Gasteiger partial charge in [-0.15, -0.1) is 0 Å². The van der Waals surface area contributed by atoms with Crippen molar-refractivity contribution in [2.24, 2.45) is 0 Å². The zero-order valence-corrected chi connectivity index (χ0v) is 11.4. The lowest BCUT2D eigenvalue weighted by Crippen LogP contribution is -2.15. The Kier molecular flexibility index (Phi) is 2.94. The van der Waals surface area contributed by atoms with Crippen molar-refractivity contribution in [3.05, 3.63) is 48.4 Å². The van der Waals surface area contributed by atoms with Crippen molar-refractivity contribution in [2.75, 3.05) is 6.54 Å². The highest BCUT2D eigenvalue weighted by Crippen LogP contribution is 2.29. The molecular formula is C16H15N3O2. The third-order valence-electron chi connectivity index (χ3n) is 3.88. The molecule has 106 valence electrons. The molecule has 0 spiro atoms. The van der Waals surface area contributed by atoms with Gasteiger partial charge in [0, 0.05) is 12.1 Å². The van der Waals surface area contributed by atoms with E-state index in [-0.39, 0.29) is 12.1 Å². The van der Waals surface area contributed by atoms with Gasteiger partial charge in [-0.25, -0.2) is 0 Å². The Bertz CT molecular complexity index is 779. The van der Waals surface area contributed by atoms with Crippen molar-refractivity contribution < 1.29 is 9.63 Å². The predicted molar refractivity (Wildman–Crippen MR) is 78.6 cm³/mol. The smallest absolute Gasteiger partial charge is 0.244 e. The molecule has 1 aromatic heterocycles. The molecule has 2 heterocycles. The first-order valence-electron chi connectivity index (χ1n) is 7.04. The van der Waals surface area contributed by atoms with E-state index < -0.39 is 0 Å². The van der Waals surface area contributed by atoms with Crippen molar-refractivity contribution in [2.45, 2.75) is 18.6 Å². The number of fused-ring (bicyclic) bond motifs is 1. The summed E-state index contributed by atoms with van der Waals surface area (Å²) in [5, 5.41) is 19.1. The van der Waals surface area contributed by atoms with E-state index in [0.29, 0.717) is 24.7 Å². The van der Waals surface area contributed by atoms with Crippen LogP contribution in [-0.4, -0.2) is 27.9 Å². The number of aliphatic hydroxyl groups is 1. The third kappa shape index (κ3) is 2.20. The molecule has 0 amide bonds. The molecule has 1 fully saturated rings. The lowest BCUT2D eigenvalue weighted by atomic mass is 10.0. The molecule has 2 atom stereocenters. The normalized spacial score (nSPS) is 22.0. The number of nitrogens with zero attached hydrogens (tertiary/aromatic N) is 2. The molecule has 5 heteroatoms. The van der Waals surface area contributed by atoms with Crippen LogP contribution in [0, 0.1) is 0 Å². The SMILES string of the molecule is O[C@H]1CN[C@H](c2nc(-c3cccc4ccccc34)no2)C1. The molecular weight excluding hydrogens is 266 g/mol. The second kappa shape index (κ2) is 4.95. The molecule has 0 aliphatic carbocycles. The number of aliphatic hydroxyl groups excluding tert-OH is 1. The van der Waals surface area contributed by atoms with E-state index in [1.54, 1.807) is 0 Å². The zero-order valence-electron chi connectivity index (χ0n) is 11.4. The Hall–Kier alpha value is -2.24. The first-order chi connectivity index (χ1) is 10.3. The molecule has 1 aliphatic heterocycles. The molecule has 4 rings (SSSR count). The number of hydrogen-bond acceptors (Lipinski definition) is 5. The van der Waals surface area contributed by atoms with E-state index in [1.165, 1.54) is 0 Å². The van der Waals surface area contributed by atoms with Crippen molar-refractivity contribution in [3.8, 4) is 11.4 Å². The summed E-state index contributed by atoms with van der Waals surface area (Å²) in [5.41, 5.74) is 0.960. The van der Waals surface area contributed by atoms with Crippen LogP contribution in [0.2, 0.25) is 0 Å². The van der Waals surface area contributed by atoms with Gasteiger partial charge in [0.25, 0.3) is 0 Å². The fraction of sp³-hybridized carbons (Fsp3) is 0.250. The third-order valence-corrected chi connectivity index (χ3v) is 3.88. The molecule has 1 saturated heterocycles. The Balaban J connectivity index is 1.74. The van der Waals surface area contributed by atoms with Crippen LogP contribution >= 0.6 is 0 Å². The predicted octanol–water partition coefficient (Wildman–Crippen LogP) is 2.29. The number of nitrogens with one attached hydrogen (secondary N) is 1. The molecule has 2 aromatic carbocycles. The number of aromatic nitrogens is 2. The lowest BCUT2D eigenvalue weighted by molar-refractivity contribution is 0.191. The Morgan fingerprint density at radius 2 is 2.00 bits per heavy atom. The summed E-state index contributed by atoms with van der Waals surface area (Å²) in [6.45, 7) is 0.566. The second-order valence-corrected chi connectivity index (χ2v) is 5.33. The van der Waals surface area contributed by atoms with Gasteiger partial charge in [0.1, 0.15) is 0 Å². The first kappa shape index (κ1) is 12.5. The van der Waals surface area contributed by atoms with Gasteiger partial charge in [0.15, 0.2) is 0 Å². The highest BCUT2D eigenvalue weighted by atomic mass is 16.5. The van der Waals surface area contributed by atoms with Crippen LogP contribution in [0.4, 0.5) is 0 Å². The fourth-order valence-corrected chi connectivity index (χ4v) is 2.81. The molecule has 1 aliphatic rings. The van der Waals surface area contributed by atoms with Crippen molar-refractivity contribution in [1.29, 1.82) is 0 Å².